The van der Waals surface area contributed by atoms with E-state index in [0.29, 0.717) is 0 Å². The van der Waals surface area contributed by atoms with E-state index < -0.39 is 0 Å². The molecule has 1 amide bonds. The fourth-order valence-electron chi connectivity index (χ4n) is 2.41. The first-order chi connectivity index (χ1) is 9.04. The number of anilines is 1. The molecule has 0 fully saturated rings. The lowest BCUT2D eigenvalue weighted by Crippen LogP contribution is -2.45. The predicted octanol–water partition coefficient (Wildman–Crippen LogP) is 3.61. The fourth-order valence-corrected chi connectivity index (χ4v) is 2.41. The highest BCUT2D eigenvalue weighted by Gasteiger charge is 2.31. The van der Waals surface area contributed by atoms with Gasteiger partial charge in [-0.2, -0.15) is 0 Å². The number of amides is 1. The van der Waals surface area contributed by atoms with Crippen LogP contribution in [0.5, 0.6) is 5.75 Å². The van der Waals surface area contributed by atoms with Crippen molar-refractivity contribution in [2.45, 2.75) is 53.1 Å². The van der Waals surface area contributed by atoms with Gasteiger partial charge in [0.1, 0.15) is 5.75 Å². The van der Waals surface area contributed by atoms with E-state index in [4.69, 9.17) is 4.74 Å². The van der Waals surface area contributed by atoms with Crippen molar-refractivity contribution in [2.75, 3.05) is 11.4 Å². The van der Waals surface area contributed by atoms with Crippen LogP contribution >= 0.6 is 0 Å². The van der Waals surface area contributed by atoms with Crippen molar-refractivity contribution in [3.05, 3.63) is 23.3 Å². The van der Waals surface area contributed by atoms with Crippen LogP contribution in [0.1, 0.15) is 44.2 Å². The second-order valence-electron chi connectivity index (χ2n) is 5.36. The van der Waals surface area contributed by atoms with Crippen LogP contribution in [0.15, 0.2) is 12.1 Å². The molecular weight excluding hydrogens is 238 g/mol. The molecule has 1 unspecified atom stereocenters. The number of unbranched alkanes of at least 4 members (excludes halogenated alkanes) is 2. The summed E-state index contributed by atoms with van der Waals surface area (Å²) in [6.45, 7) is 8.93. The second kappa shape index (κ2) is 5.64. The highest BCUT2D eigenvalue weighted by atomic mass is 16.5. The molecule has 0 bridgehead atoms. The highest BCUT2D eigenvalue weighted by molar-refractivity contribution is 6.00. The van der Waals surface area contributed by atoms with Crippen molar-refractivity contribution in [2.24, 2.45) is 0 Å². The molecule has 0 aliphatic carbocycles. The van der Waals surface area contributed by atoms with E-state index in [9.17, 15) is 4.79 Å². The summed E-state index contributed by atoms with van der Waals surface area (Å²) in [5.74, 6) is 0.915. The van der Waals surface area contributed by atoms with Crippen molar-refractivity contribution >= 4 is 11.6 Å². The molecule has 0 saturated carbocycles. The predicted molar refractivity (Wildman–Crippen MR) is 77.9 cm³/mol. The summed E-state index contributed by atoms with van der Waals surface area (Å²) in [5, 5.41) is 0. The molecule has 19 heavy (non-hydrogen) atoms. The lowest BCUT2D eigenvalue weighted by molar-refractivity contribution is -0.125. The first kappa shape index (κ1) is 13.9. The topological polar surface area (TPSA) is 29.5 Å². The lowest BCUT2D eigenvalue weighted by atomic mass is 10.1. The summed E-state index contributed by atoms with van der Waals surface area (Å²) < 4.78 is 5.73. The van der Waals surface area contributed by atoms with Crippen LogP contribution in [0, 0.1) is 13.8 Å². The van der Waals surface area contributed by atoms with Gasteiger partial charge < -0.3 is 9.64 Å². The number of ether oxygens (including phenoxy) is 1. The van der Waals surface area contributed by atoms with E-state index in [1.54, 1.807) is 0 Å². The van der Waals surface area contributed by atoms with Crippen molar-refractivity contribution in [3.8, 4) is 5.75 Å². The standard InChI is InChI=1S/C16H23NO2/c1-5-6-7-8-17-14-9-11(2)12(3)10-15(14)19-13(4)16(17)18/h9-10,13H,5-8H2,1-4H3. The summed E-state index contributed by atoms with van der Waals surface area (Å²) in [7, 11) is 0. The van der Waals surface area contributed by atoms with Gasteiger partial charge in [0.25, 0.3) is 5.91 Å². The Kier molecular flexibility index (Phi) is 4.13. The number of carbonyl (C=O) groups excluding carboxylic acids is 1. The molecule has 1 aliphatic heterocycles. The number of benzene rings is 1. The van der Waals surface area contributed by atoms with Gasteiger partial charge >= 0.3 is 0 Å². The van der Waals surface area contributed by atoms with E-state index in [-0.39, 0.29) is 12.0 Å². The zero-order valence-corrected chi connectivity index (χ0v) is 12.3. The third kappa shape index (κ3) is 2.75. The number of carbonyl (C=O) groups is 1. The van der Waals surface area contributed by atoms with Crippen molar-refractivity contribution in [1.29, 1.82) is 0 Å². The zero-order valence-electron chi connectivity index (χ0n) is 12.3. The molecule has 1 atom stereocenters. The van der Waals surface area contributed by atoms with Crippen molar-refractivity contribution in [1.82, 2.24) is 0 Å². The Morgan fingerprint density at radius 1 is 1.21 bits per heavy atom. The van der Waals surface area contributed by atoms with Crippen LogP contribution in [-0.4, -0.2) is 18.6 Å². The molecule has 0 spiro atoms. The Labute approximate surface area is 115 Å². The molecule has 1 aliphatic rings. The molecule has 0 aromatic heterocycles. The van der Waals surface area contributed by atoms with Crippen LogP contribution in [0.25, 0.3) is 0 Å². The summed E-state index contributed by atoms with van der Waals surface area (Å²) >= 11 is 0. The molecule has 2 rings (SSSR count). The van der Waals surface area contributed by atoms with E-state index in [1.807, 2.05) is 17.9 Å². The number of hydrogen-bond donors (Lipinski definition) is 0. The number of hydrogen-bond acceptors (Lipinski definition) is 2. The molecule has 1 aromatic carbocycles. The van der Waals surface area contributed by atoms with Crippen LogP contribution in [0.4, 0.5) is 5.69 Å². The largest absolute Gasteiger partial charge is 0.479 e. The molecule has 1 heterocycles. The van der Waals surface area contributed by atoms with Gasteiger partial charge in [-0.25, -0.2) is 0 Å². The average molecular weight is 261 g/mol. The quantitative estimate of drug-likeness (QED) is 0.775. The maximum atomic E-state index is 12.3. The third-order valence-electron chi connectivity index (χ3n) is 3.77. The second-order valence-corrected chi connectivity index (χ2v) is 5.36. The Balaban J connectivity index is 2.32. The van der Waals surface area contributed by atoms with Crippen LogP contribution in [0.2, 0.25) is 0 Å². The first-order valence-electron chi connectivity index (χ1n) is 7.14. The van der Waals surface area contributed by atoms with Crippen LogP contribution < -0.4 is 9.64 Å². The Hall–Kier alpha value is -1.51. The summed E-state index contributed by atoms with van der Waals surface area (Å²) in [6.07, 6.45) is 2.98. The molecule has 104 valence electrons. The first-order valence-corrected chi connectivity index (χ1v) is 7.14. The number of aryl methyl sites for hydroxylation is 2. The summed E-state index contributed by atoms with van der Waals surface area (Å²) in [6, 6.07) is 4.11. The maximum absolute atomic E-state index is 12.3. The van der Waals surface area contributed by atoms with E-state index >= 15 is 0 Å². The third-order valence-corrected chi connectivity index (χ3v) is 3.77. The molecular formula is C16H23NO2. The van der Waals surface area contributed by atoms with Gasteiger partial charge in [-0.1, -0.05) is 19.8 Å². The summed E-state index contributed by atoms with van der Waals surface area (Å²) in [4.78, 5) is 14.2. The number of rotatable bonds is 4. The Morgan fingerprint density at radius 3 is 2.58 bits per heavy atom. The average Bonchev–Trinajstić information content (AvgIpc) is 2.37. The monoisotopic (exact) mass is 261 g/mol. The van der Waals surface area contributed by atoms with Gasteiger partial charge in [-0.3, -0.25) is 4.79 Å². The van der Waals surface area contributed by atoms with Gasteiger partial charge in [0, 0.05) is 6.54 Å². The minimum Gasteiger partial charge on any atom is -0.479 e. The molecule has 3 nitrogen and oxygen atoms in total. The zero-order chi connectivity index (χ0) is 14.0. The Bertz CT molecular complexity index is 482. The number of nitrogens with zero attached hydrogens (tertiary/aromatic N) is 1. The molecule has 0 N–H and O–H groups in total. The minimum atomic E-state index is -0.378. The van der Waals surface area contributed by atoms with Gasteiger partial charge in [0.2, 0.25) is 0 Å². The van der Waals surface area contributed by atoms with Gasteiger partial charge in [0.15, 0.2) is 6.10 Å². The molecule has 0 saturated heterocycles. The highest BCUT2D eigenvalue weighted by Crippen LogP contribution is 2.36. The SMILES string of the molecule is CCCCCN1C(=O)C(C)Oc2cc(C)c(C)cc21. The number of fused-ring (bicyclic) bond motifs is 1. The van der Waals surface area contributed by atoms with Crippen molar-refractivity contribution < 1.29 is 9.53 Å². The normalized spacial score (nSPS) is 18.2. The minimum absolute atomic E-state index is 0.0758. The van der Waals surface area contributed by atoms with Crippen LogP contribution in [-0.2, 0) is 4.79 Å². The van der Waals surface area contributed by atoms with E-state index in [0.717, 1.165) is 37.2 Å². The molecule has 1 aromatic rings. The fraction of sp³-hybridized carbons (Fsp3) is 0.562. The molecule has 3 heteroatoms. The summed E-state index contributed by atoms with van der Waals surface area (Å²) in [5.41, 5.74) is 3.33. The Morgan fingerprint density at radius 2 is 1.89 bits per heavy atom. The van der Waals surface area contributed by atoms with Crippen molar-refractivity contribution in [3.63, 3.8) is 0 Å². The van der Waals surface area contributed by atoms with E-state index in [2.05, 4.69) is 26.8 Å². The maximum Gasteiger partial charge on any atom is 0.267 e. The van der Waals surface area contributed by atoms with Gasteiger partial charge in [-0.15, -0.1) is 0 Å². The van der Waals surface area contributed by atoms with Gasteiger partial charge in [0.05, 0.1) is 5.69 Å². The smallest absolute Gasteiger partial charge is 0.267 e. The van der Waals surface area contributed by atoms with Crippen LogP contribution in [0.3, 0.4) is 0 Å². The van der Waals surface area contributed by atoms with E-state index in [1.165, 1.54) is 11.1 Å². The lowest BCUT2D eigenvalue weighted by Gasteiger charge is -2.33. The molecule has 0 radical (unpaired) electrons. The van der Waals surface area contributed by atoms with Gasteiger partial charge in [-0.05, 0) is 50.5 Å².